The molecule has 0 radical (unpaired) electrons. The Bertz CT molecular complexity index is 285. The average molecular weight is 235 g/mol. The van der Waals surface area contributed by atoms with Gasteiger partial charge in [0.1, 0.15) is 5.75 Å². The second kappa shape index (κ2) is 7.33. The number of ether oxygens (including phenoxy) is 1. The molecule has 17 heavy (non-hydrogen) atoms. The van der Waals surface area contributed by atoms with Gasteiger partial charge in [-0.15, -0.1) is 0 Å². The highest BCUT2D eigenvalue weighted by molar-refractivity contribution is 5.20. The van der Waals surface area contributed by atoms with E-state index in [1.165, 1.54) is 0 Å². The van der Waals surface area contributed by atoms with Gasteiger partial charge in [0.25, 0.3) is 0 Å². The Hall–Kier alpha value is -1.02. The molecular formula is C15H25NO. The molecule has 96 valence electrons. The number of rotatable bonds is 8. The lowest BCUT2D eigenvalue weighted by atomic mass is 9.78. The van der Waals surface area contributed by atoms with E-state index in [4.69, 9.17) is 10.5 Å². The van der Waals surface area contributed by atoms with Gasteiger partial charge in [0.05, 0.1) is 6.61 Å². The van der Waals surface area contributed by atoms with Crippen molar-refractivity contribution in [2.24, 2.45) is 11.1 Å². The third-order valence-corrected chi connectivity index (χ3v) is 3.80. The Kier molecular flexibility index (Phi) is 6.06. The van der Waals surface area contributed by atoms with E-state index < -0.39 is 0 Å². The number of para-hydroxylation sites is 1. The van der Waals surface area contributed by atoms with Crippen molar-refractivity contribution in [1.82, 2.24) is 0 Å². The van der Waals surface area contributed by atoms with Crippen LogP contribution in [-0.2, 0) is 0 Å². The van der Waals surface area contributed by atoms with E-state index >= 15 is 0 Å². The molecule has 0 saturated heterocycles. The summed E-state index contributed by atoms with van der Waals surface area (Å²) in [6, 6.07) is 9.99. The van der Waals surface area contributed by atoms with Crippen LogP contribution in [0.15, 0.2) is 30.3 Å². The monoisotopic (exact) mass is 235 g/mol. The van der Waals surface area contributed by atoms with Crippen LogP contribution in [-0.4, -0.2) is 13.2 Å². The standard InChI is InChI=1S/C15H25NO/c1-3-15(4-2,13-16)11-8-12-17-14-9-6-5-7-10-14/h5-7,9-10H,3-4,8,11-13,16H2,1-2H3. The molecule has 0 heterocycles. The molecule has 0 aromatic heterocycles. The highest BCUT2D eigenvalue weighted by Crippen LogP contribution is 2.30. The Morgan fingerprint density at radius 3 is 2.29 bits per heavy atom. The molecular weight excluding hydrogens is 210 g/mol. The summed E-state index contributed by atoms with van der Waals surface area (Å²) < 4.78 is 5.69. The van der Waals surface area contributed by atoms with Crippen molar-refractivity contribution in [1.29, 1.82) is 0 Å². The van der Waals surface area contributed by atoms with Gasteiger partial charge in [-0.1, -0.05) is 32.0 Å². The van der Waals surface area contributed by atoms with Crippen molar-refractivity contribution < 1.29 is 4.74 Å². The van der Waals surface area contributed by atoms with Gasteiger partial charge in [-0.2, -0.15) is 0 Å². The average Bonchev–Trinajstić information content (AvgIpc) is 2.41. The second-order valence-corrected chi connectivity index (χ2v) is 4.68. The van der Waals surface area contributed by atoms with E-state index in [2.05, 4.69) is 13.8 Å². The molecule has 0 saturated carbocycles. The van der Waals surface area contributed by atoms with Crippen molar-refractivity contribution in [3.05, 3.63) is 30.3 Å². The Morgan fingerprint density at radius 2 is 1.76 bits per heavy atom. The fourth-order valence-electron chi connectivity index (χ4n) is 2.15. The Labute approximate surface area is 105 Å². The van der Waals surface area contributed by atoms with Crippen molar-refractivity contribution in [2.75, 3.05) is 13.2 Å². The first-order valence-corrected chi connectivity index (χ1v) is 6.64. The van der Waals surface area contributed by atoms with Crippen LogP contribution >= 0.6 is 0 Å². The molecule has 2 heteroatoms. The molecule has 0 unspecified atom stereocenters. The van der Waals surface area contributed by atoms with Gasteiger partial charge in [0.2, 0.25) is 0 Å². The smallest absolute Gasteiger partial charge is 0.119 e. The first kappa shape index (κ1) is 14.0. The summed E-state index contributed by atoms with van der Waals surface area (Å²) in [6.45, 7) is 6.03. The van der Waals surface area contributed by atoms with Crippen LogP contribution in [0.3, 0.4) is 0 Å². The predicted molar refractivity (Wildman–Crippen MR) is 73.2 cm³/mol. The molecule has 2 nitrogen and oxygen atoms in total. The van der Waals surface area contributed by atoms with Gasteiger partial charge in [-0.25, -0.2) is 0 Å². The molecule has 0 bridgehead atoms. The van der Waals surface area contributed by atoms with Crippen LogP contribution in [0, 0.1) is 5.41 Å². The minimum atomic E-state index is 0.319. The maximum absolute atomic E-state index is 5.88. The molecule has 0 amide bonds. The zero-order valence-corrected chi connectivity index (χ0v) is 11.1. The molecule has 0 atom stereocenters. The van der Waals surface area contributed by atoms with E-state index in [0.29, 0.717) is 5.41 Å². The molecule has 0 aliphatic heterocycles. The van der Waals surface area contributed by atoms with E-state index in [0.717, 1.165) is 44.6 Å². The van der Waals surface area contributed by atoms with Crippen molar-refractivity contribution in [2.45, 2.75) is 39.5 Å². The fourth-order valence-corrected chi connectivity index (χ4v) is 2.15. The summed E-state index contributed by atoms with van der Waals surface area (Å²) in [5, 5.41) is 0. The fraction of sp³-hybridized carbons (Fsp3) is 0.600. The molecule has 1 rings (SSSR count). The predicted octanol–water partition coefficient (Wildman–Crippen LogP) is 3.61. The molecule has 0 aliphatic carbocycles. The third kappa shape index (κ3) is 4.39. The highest BCUT2D eigenvalue weighted by atomic mass is 16.5. The van der Waals surface area contributed by atoms with Crippen molar-refractivity contribution in [3.63, 3.8) is 0 Å². The summed E-state index contributed by atoms with van der Waals surface area (Å²) in [5.74, 6) is 0.957. The zero-order chi connectivity index (χ0) is 12.6. The van der Waals surface area contributed by atoms with Gasteiger partial charge in [-0.05, 0) is 49.8 Å². The quantitative estimate of drug-likeness (QED) is 0.699. The van der Waals surface area contributed by atoms with E-state index in [9.17, 15) is 0 Å². The first-order valence-electron chi connectivity index (χ1n) is 6.64. The minimum absolute atomic E-state index is 0.319. The van der Waals surface area contributed by atoms with E-state index in [-0.39, 0.29) is 0 Å². The summed E-state index contributed by atoms with van der Waals surface area (Å²) in [4.78, 5) is 0. The lowest BCUT2D eigenvalue weighted by Gasteiger charge is -2.30. The molecule has 1 aromatic carbocycles. The Balaban J connectivity index is 2.28. The number of hydrogen-bond donors (Lipinski definition) is 1. The number of benzene rings is 1. The molecule has 0 fully saturated rings. The van der Waals surface area contributed by atoms with Crippen LogP contribution in [0.2, 0.25) is 0 Å². The summed E-state index contributed by atoms with van der Waals surface area (Å²) in [5.41, 5.74) is 6.20. The third-order valence-electron chi connectivity index (χ3n) is 3.80. The molecule has 1 aromatic rings. The van der Waals surface area contributed by atoms with Crippen molar-refractivity contribution >= 4 is 0 Å². The number of nitrogens with two attached hydrogens (primary N) is 1. The highest BCUT2D eigenvalue weighted by Gasteiger charge is 2.23. The van der Waals surface area contributed by atoms with E-state index in [1.54, 1.807) is 0 Å². The largest absolute Gasteiger partial charge is 0.494 e. The maximum Gasteiger partial charge on any atom is 0.119 e. The van der Waals surface area contributed by atoms with Crippen molar-refractivity contribution in [3.8, 4) is 5.75 Å². The lowest BCUT2D eigenvalue weighted by Crippen LogP contribution is -2.29. The van der Waals surface area contributed by atoms with Crippen LogP contribution in [0.5, 0.6) is 5.75 Å². The molecule has 0 spiro atoms. The summed E-state index contributed by atoms with van der Waals surface area (Å²) in [7, 11) is 0. The van der Waals surface area contributed by atoms with Gasteiger partial charge >= 0.3 is 0 Å². The lowest BCUT2D eigenvalue weighted by molar-refractivity contribution is 0.213. The molecule has 0 aliphatic rings. The second-order valence-electron chi connectivity index (χ2n) is 4.68. The summed E-state index contributed by atoms with van der Waals surface area (Å²) in [6.07, 6.45) is 4.55. The van der Waals surface area contributed by atoms with Crippen LogP contribution in [0.1, 0.15) is 39.5 Å². The Morgan fingerprint density at radius 1 is 1.12 bits per heavy atom. The van der Waals surface area contributed by atoms with Crippen LogP contribution < -0.4 is 10.5 Å². The van der Waals surface area contributed by atoms with E-state index in [1.807, 2.05) is 30.3 Å². The normalized spacial score (nSPS) is 11.5. The maximum atomic E-state index is 5.88. The number of hydrogen-bond acceptors (Lipinski definition) is 2. The van der Waals surface area contributed by atoms with Gasteiger partial charge in [0, 0.05) is 0 Å². The first-order chi connectivity index (χ1) is 8.26. The topological polar surface area (TPSA) is 35.2 Å². The van der Waals surface area contributed by atoms with Gasteiger partial charge < -0.3 is 10.5 Å². The van der Waals surface area contributed by atoms with Gasteiger partial charge in [0.15, 0.2) is 0 Å². The van der Waals surface area contributed by atoms with Crippen LogP contribution in [0.4, 0.5) is 0 Å². The van der Waals surface area contributed by atoms with Crippen LogP contribution in [0.25, 0.3) is 0 Å². The van der Waals surface area contributed by atoms with Gasteiger partial charge in [-0.3, -0.25) is 0 Å². The molecule has 2 N–H and O–H groups in total. The zero-order valence-electron chi connectivity index (χ0n) is 11.1. The minimum Gasteiger partial charge on any atom is -0.494 e. The summed E-state index contributed by atoms with van der Waals surface area (Å²) >= 11 is 0. The SMILES string of the molecule is CCC(CC)(CN)CCCOc1ccccc1.